The first-order valence-electron chi connectivity index (χ1n) is 6.55. The highest BCUT2D eigenvalue weighted by atomic mass is 15.2. The minimum Gasteiger partial charge on any atom is -0.310 e. The van der Waals surface area contributed by atoms with Gasteiger partial charge in [0.15, 0.2) is 0 Å². The largest absolute Gasteiger partial charge is 0.310 e. The molecule has 1 fully saturated rings. The van der Waals surface area contributed by atoms with Gasteiger partial charge in [0.1, 0.15) is 0 Å². The van der Waals surface area contributed by atoms with Gasteiger partial charge in [0, 0.05) is 31.4 Å². The smallest absolute Gasteiger partial charge is 0.0671 e. The van der Waals surface area contributed by atoms with Gasteiger partial charge in [-0.05, 0) is 30.9 Å². The molecule has 1 N–H and O–H groups in total. The van der Waals surface area contributed by atoms with Crippen molar-refractivity contribution in [1.29, 1.82) is 0 Å². The lowest BCUT2D eigenvalue weighted by Gasteiger charge is -2.04. The second kappa shape index (κ2) is 4.58. The predicted molar refractivity (Wildman–Crippen MR) is 73.2 cm³/mol. The quantitative estimate of drug-likeness (QED) is 0.892. The van der Waals surface area contributed by atoms with Crippen molar-refractivity contribution in [3.8, 4) is 11.1 Å². The Balaban J connectivity index is 1.75. The molecule has 3 rings (SSSR count). The van der Waals surface area contributed by atoms with Gasteiger partial charge < -0.3 is 5.32 Å². The van der Waals surface area contributed by atoms with Crippen LogP contribution in [-0.2, 0) is 13.6 Å². The monoisotopic (exact) mass is 241 g/mol. The van der Waals surface area contributed by atoms with Gasteiger partial charge in [0.2, 0.25) is 0 Å². The number of hydrogen-bond acceptors (Lipinski definition) is 2. The van der Waals surface area contributed by atoms with E-state index in [9.17, 15) is 0 Å². The first-order chi connectivity index (χ1) is 8.72. The van der Waals surface area contributed by atoms with E-state index in [-0.39, 0.29) is 0 Å². The topological polar surface area (TPSA) is 29.9 Å². The zero-order valence-electron chi connectivity index (χ0n) is 11.0. The fourth-order valence-electron chi connectivity index (χ4n) is 2.23. The Morgan fingerprint density at radius 2 is 2.00 bits per heavy atom. The molecule has 0 aliphatic heterocycles. The highest BCUT2D eigenvalue weighted by Gasteiger charge is 2.19. The molecule has 3 nitrogen and oxygen atoms in total. The second-order valence-corrected chi connectivity index (χ2v) is 5.15. The van der Waals surface area contributed by atoms with Crippen molar-refractivity contribution in [3.05, 3.63) is 41.7 Å². The number of rotatable bonds is 4. The number of aromatic nitrogens is 2. The van der Waals surface area contributed by atoms with Crippen LogP contribution in [0.5, 0.6) is 0 Å². The van der Waals surface area contributed by atoms with Gasteiger partial charge in [-0.25, -0.2) is 0 Å². The standard InChI is InChI=1S/C15H19N3/c1-11-15(10-18(2)17-11)13-5-3-12(4-6-13)9-16-14-7-8-14/h3-6,10,14,16H,7-9H2,1-2H3. The SMILES string of the molecule is Cc1nn(C)cc1-c1ccc(CNC2CC2)cc1. The maximum Gasteiger partial charge on any atom is 0.0671 e. The maximum absolute atomic E-state index is 4.38. The Kier molecular flexibility index (Phi) is 2.92. The molecule has 1 aliphatic carbocycles. The molecule has 2 aromatic rings. The molecule has 0 atom stereocenters. The predicted octanol–water partition coefficient (Wildman–Crippen LogP) is 2.65. The lowest BCUT2D eigenvalue weighted by molar-refractivity contribution is 0.688. The third-order valence-electron chi connectivity index (χ3n) is 3.45. The zero-order valence-corrected chi connectivity index (χ0v) is 11.0. The molecule has 1 heterocycles. The van der Waals surface area contributed by atoms with Crippen LogP contribution in [0.4, 0.5) is 0 Å². The van der Waals surface area contributed by atoms with Crippen LogP contribution < -0.4 is 5.32 Å². The van der Waals surface area contributed by atoms with Crippen molar-refractivity contribution >= 4 is 0 Å². The number of benzene rings is 1. The molecule has 1 aromatic carbocycles. The van der Waals surface area contributed by atoms with E-state index < -0.39 is 0 Å². The Morgan fingerprint density at radius 1 is 1.28 bits per heavy atom. The number of nitrogens with zero attached hydrogens (tertiary/aromatic N) is 2. The molecular formula is C15H19N3. The summed E-state index contributed by atoms with van der Waals surface area (Å²) in [6.45, 7) is 3.04. The van der Waals surface area contributed by atoms with Gasteiger partial charge in [-0.1, -0.05) is 24.3 Å². The summed E-state index contributed by atoms with van der Waals surface area (Å²) in [6, 6.07) is 9.56. The van der Waals surface area contributed by atoms with E-state index >= 15 is 0 Å². The van der Waals surface area contributed by atoms with Crippen LogP contribution in [0, 0.1) is 6.92 Å². The Labute approximate surface area is 108 Å². The highest BCUT2D eigenvalue weighted by molar-refractivity contribution is 5.65. The van der Waals surface area contributed by atoms with Crippen LogP contribution in [0.1, 0.15) is 24.1 Å². The molecule has 1 saturated carbocycles. The lowest BCUT2D eigenvalue weighted by Crippen LogP contribution is -2.14. The molecule has 94 valence electrons. The molecule has 0 saturated heterocycles. The number of nitrogens with one attached hydrogen (secondary N) is 1. The van der Waals surface area contributed by atoms with Gasteiger partial charge in [0.05, 0.1) is 5.69 Å². The zero-order chi connectivity index (χ0) is 12.5. The summed E-state index contributed by atoms with van der Waals surface area (Å²) in [7, 11) is 1.96. The first-order valence-corrected chi connectivity index (χ1v) is 6.55. The molecule has 0 spiro atoms. The molecule has 18 heavy (non-hydrogen) atoms. The second-order valence-electron chi connectivity index (χ2n) is 5.15. The third-order valence-corrected chi connectivity index (χ3v) is 3.45. The van der Waals surface area contributed by atoms with Crippen molar-refractivity contribution in [3.63, 3.8) is 0 Å². The summed E-state index contributed by atoms with van der Waals surface area (Å²) in [4.78, 5) is 0. The van der Waals surface area contributed by atoms with Crippen molar-refractivity contribution in [1.82, 2.24) is 15.1 Å². The van der Waals surface area contributed by atoms with Crippen molar-refractivity contribution in [2.45, 2.75) is 32.4 Å². The number of hydrogen-bond donors (Lipinski definition) is 1. The van der Waals surface area contributed by atoms with E-state index in [0.717, 1.165) is 18.3 Å². The summed E-state index contributed by atoms with van der Waals surface area (Å²) < 4.78 is 1.87. The van der Waals surface area contributed by atoms with E-state index in [1.807, 2.05) is 11.7 Å². The molecule has 0 amide bonds. The Hall–Kier alpha value is -1.61. The van der Waals surface area contributed by atoms with Crippen molar-refractivity contribution in [2.24, 2.45) is 7.05 Å². The molecule has 0 unspecified atom stereocenters. The van der Waals surface area contributed by atoms with Crippen molar-refractivity contribution in [2.75, 3.05) is 0 Å². The normalized spacial score (nSPS) is 15.0. The lowest BCUT2D eigenvalue weighted by atomic mass is 10.0. The highest BCUT2D eigenvalue weighted by Crippen LogP contribution is 2.23. The van der Waals surface area contributed by atoms with Crippen LogP contribution in [0.2, 0.25) is 0 Å². The van der Waals surface area contributed by atoms with E-state index in [1.165, 1.54) is 29.5 Å². The Bertz CT molecular complexity index is 535. The van der Waals surface area contributed by atoms with Crippen molar-refractivity contribution < 1.29 is 0 Å². The molecule has 3 heteroatoms. The molecule has 1 aliphatic rings. The van der Waals surface area contributed by atoms with Gasteiger partial charge in [-0.3, -0.25) is 4.68 Å². The first kappa shape index (κ1) is 11.5. The van der Waals surface area contributed by atoms with Crippen LogP contribution in [0.25, 0.3) is 11.1 Å². The minimum absolute atomic E-state index is 0.769. The molecule has 0 bridgehead atoms. The van der Waals surface area contributed by atoms with E-state index in [4.69, 9.17) is 0 Å². The average molecular weight is 241 g/mol. The van der Waals surface area contributed by atoms with E-state index in [1.54, 1.807) is 0 Å². The van der Waals surface area contributed by atoms with Gasteiger partial charge in [0.25, 0.3) is 0 Å². The number of aryl methyl sites for hydroxylation is 2. The van der Waals surface area contributed by atoms with Crippen LogP contribution >= 0.6 is 0 Å². The third kappa shape index (κ3) is 2.46. The van der Waals surface area contributed by atoms with Gasteiger partial charge in [-0.2, -0.15) is 5.10 Å². The summed E-state index contributed by atoms with van der Waals surface area (Å²) in [5.74, 6) is 0. The van der Waals surface area contributed by atoms with Gasteiger partial charge >= 0.3 is 0 Å². The fourth-order valence-corrected chi connectivity index (χ4v) is 2.23. The van der Waals surface area contributed by atoms with Crippen LogP contribution in [-0.4, -0.2) is 15.8 Å². The summed E-state index contributed by atoms with van der Waals surface area (Å²) in [5.41, 5.74) is 4.91. The Morgan fingerprint density at radius 3 is 2.56 bits per heavy atom. The molecule has 0 radical (unpaired) electrons. The van der Waals surface area contributed by atoms with E-state index in [2.05, 4.69) is 47.8 Å². The summed E-state index contributed by atoms with van der Waals surface area (Å²) in [6.07, 6.45) is 4.76. The van der Waals surface area contributed by atoms with E-state index in [0.29, 0.717) is 0 Å². The maximum atomic E-state index is 4.38. The molecule has 1 aromatic heterocycles. The molecular weight excluding hydrogens is 222 g/mol. The van der Waals surface area contributed by atoms with Crippen LogP contribution in [0.15, 0.2) is 30.5 Å². The fraction of sp³-hybridized carbons (Fsp3) is 0.400. The summed E-state index contributed by atoms with van der Waals surface area (Å²) in [5, 5.41) is 7.91. The minimum atomic E-state index is 0.769. The average Bonchev–Trinajstić information content (AvgIpc) is 3.13. The van der Waals surface area contributed by atoms with Gasteiger partial charge in [-0.15, -0.1) is 0 Å². The summed E-state index contributed by atoms with van der Waals surface area (Å²) >= 11 is 0. The van der Waals surface area contributed by atoms with Crippen LogP contribution in [0.3, 0.4) is 0 Å².